The molecule has 2 fully saturated rings. The van der Waals surface area contributed by atoms with E-state index in [9.17, 15) is 0 Å². The van der Waals surface area contributed by atoms with Crippen molar-refractivity contribution in [3.05, 3.63) is 0 Å². The lowest BCUT2D eigenvalue weighted by Gasteiger charge is -2.40. The van der Waals surface area contributed by atoms with Gasteiger partial charge in [-0.05, 0) is 37.0 Å². The van der Waals surface area contributed by atoms with Gasteiger partial charge in [0.1, 0.15) is 0 Å². The first-order valence-electron chi connectivity index (χ1n) is 8.30. The monoisotopic (exact) mass is 280 g/mol. The average molecular weight is 280 g/mol. The lowest BCUT2D eigenvalue weighted by atomic mass is 9.75. The Kier molecular flexibility index (Phi) is 5.30. The molecule has 1 aliphatic heterocycles. The number of hydrazine groups is 1. The molecule has 0 unspecified atom stereocenters. The highest BCUT2D eigenvalue weighted by Gasteiger charge is 2.30. The number of nitrogens with two attached hydrogens (primary N) is 1. The van der Waals surface area contributed by atoms with Crippen LogP contribution in [0.5, 0.6) is 0 Å². The van der Waals surface area contributed by atoms with Crippen LogP contribution in [0, 0.1) is 11.3 Å². The third-order valence-electron chi connectivity index (χ3n) is 5.03. The SMILES string of the molecule is CC(C)(C)C1CCN(C(=NC2CCCCC2)NN)CC1. The van der Waals surface area contributed by atoms with Crippen molar-refractivity contribution in [3.8, 4) is 0 Å². The van der Waals surface area contributed by atoms with E-state index in [1.54, 1.807) is 0 Å². The van der Waals surface area contributed by atoms with Crippen LogP contribution < -0.4 is 11.3 Å². The van der Waals surface area contributed by atoms with Gasteiger partial charge in [-0.1, -0.05) is 40.0 Å². The van der Waals surface area contributed by atoms with E-state index >= 15 is 0 Å². The van der Waals surface area contributed by atoms with Crippen molar-refractivity contribution < 1.29 is 0 Å². The Morgan fingerprint density at radius 3 is 2.15 bits per heavy atom. The van der Waals surface area contributed by atoms with E-state index < -0.39 is 0 Å². The van der Waals surface area contributed by atoms with Gasteiger partial charge in [0.05, 0.1) is 6.04 Å². The second-order valence-corrected chi connectivity index (χ2v) is 7.52. The molecule has 0 aromatic rings. The van der Waals surface area contributed by atoms with Crippen LogP contribution in [-0.4, -0.2) is 30.0 Å². The maximum atomic E-state index is 5.72. The number of guanidine groups is 1. The highest BCUT2D eigenvalue weighted by atomic mass is 15.4. The number of nitrogens with zero attached hydrogens (tertiary/aromatic N) is 2. The average Bonchev–Trinajstić information content (AvgIpc) is 2.45. The van der Waals surface area contributed by atoms with Crippen molar-refractivity contribution in [2.24, 2.45) is 22.2 Å². The zero-order chi connectivity index (χ0) is 14.6. The van der Waals surface area contributed by atoms with Crippen LogP contribution in [0.2, 0.25) is 0 Å². The van der Waals surface area contributed by atoms with Gasteiger partial charge in [0, 0.05) is 13.1 Å². The summed E-state index contributed by atoms with van der Waals surface area (Å²) >= 11 is 0. The molecule has 2 aliphatic rings. The van der Waals surface area contributed by atoms with Gasteiger partial charge in [-0.15, -0.1) is 0 Å². The molecule has 2 rings (SSSR count). The number of likely N-dealkylation sites (tertiary alicyclic amines) is 1. The Hall–Kier alpha value is -0.770. The van der Waals surface area contributed by atoms with Crippen molar-refractivity contribution in [3.63, 3.8) is 0 Å². The Labute approximate surface area is 124 Å². The second-order valence-electron chi connectivity index (χ2n) is 7.52. The largest absolute Gasteiger partial charge is 0.342 e. The summed E-state index contributed by atoms with van der Waals surface area (Å²) in [5, 5.41) is 0. The topological polar surface area (TPSA) is 53.6 Å². The highest BCUT2D eigenvalue weighted by Crippen LogP contribution is 2.34. The zero-order valence-corrected chi connectivity index (χ0v) is 13.5. The van der Waals surface area contributed by atoms with E-state index in [0.717, 1.165) is 25.0 Å². The molecule has 1 saturated heterocycles. The minimum atomic E-state index is 0.420. The number of rotatable bonds is 1. The molecule has 0 aromatic heterocycles. The van der Waals surface area contributed by atoms with Gasteiger partial charge in [-0.25, -0.2) is 10.8 Å². The van der Waals surface area contributed by atoms with Gasteiger partial charge < -0.3 is 4.90 Å². The molecule has 4 heteroatoms. The summed E-state index contributed by atoms with van der Waals surface area (Å²) in [6.45, 7) is 9.22. The van der Waals surface area contributed by atoms with E-state index in [1.807, 2.05) is 0 Å². The summed E-state index contributed by atoms with van der Waals surface area (Å²) < 4.78 is 0. The molecule has 116 valence electrons. The fraction of sp³-hybridized carbons (Fsp3) is 0.938. The third-order valence-corrected chi connectivity index (χ3v) is 5.03. The first-order chi connectivity index (χ1) is 9.50. The van der Waals surface area contributed by atoms with E-state index in [4.69, 9.17) is 10.8 Å². The molecule has 20 heavy (non-hydrogen) atoms. The Bertz CT molecular complexity index is 318. The molecule has 1 heterocycles. The highest BCUT2D eigenvalue weighted by molar-refractivity contribution is 5.79. The van der Waals surface area contributed by atoms with E-state index in [-0.39, 0.29) is 0 Å². The van der Waals surface area contributed by atoms with Crippen molar-refractivity contribution >= 4 is 5.96 Å². The summed E-state index contributed by atoms with van der Waals surface area (Å²) in [6.07, 6.45) is 8.95. The quantitative estimate of drug-likeness (QED) is 0.336. The maximum Gasteiger partial charge on any atom is 0.208 e. The maximum absolute atomic E-state index is 5.72. The predicted molar refractivity (Wildman–Crippen MR) is 85.4 cm³/mol. The van der Waals surface area contributed by atoms with Gasteiger partial charge in [-0.3, -0.25) is 5.43 Å². The first-order valence-corrected chi connectivity index (χ1v) is 8.30. The number of piperidine rings is 1. The summed E-state index contributed by atoms with van der Waals surface area (Å²) in [5.74, 6) is 7.45. The zero-order valence-electron chi connectivity index (χ0n) is 13.5. The van der Waals surface area contributed by atoms with Gasteiger partial charge >= 0.3 is 0 Å². The number of aliphatic imine (C=N–C) groups is 1. The Morgan fingerprint density at radius 2 is 1.65 bits per heavy atom. The molecule has 0 atom stereocenters. The van der Waals surface area contributed by atoms with Crippen LogP contribution in [0.15, 0.2) is 4.99 Å². The van der Waals surface area contributed by atoms with Crippen LogP contribution in [0.3, 0.4) is 0 Å². The van der Waals surface area contributed by atoms with Gasteiger partial charge in [-0.2, -0.15) is 0 Å². The molecular formula is C16H32N4. The molecule has 0 bridgehead atoms. The number of hydrogen-bond acceptors (Lipinski definition) is 2. The Morgan fingerprint density at radius 1 is 1.05 bits per heavy atom. The third kappa shape index (κ3) is 4.11. The summed E-state index contributed by atoms with van der Waals surface area (Å²) in [5.41, 5.74) is 3.27. The second kappa shape index (κ2) is 6.79. The van der Waals surface area contributed by atoms with E-state index in [1.165, 1.54) is 44.9 Å². The molecule has 1 saturated carbocycles. The number of hydrogen-bond donors (Lipinski definition) is 2. The molecule has 0 spiro atoms. The smallest absolute Gasteiger partial charge is 0.208 e. The standard InChI is InChI=1S/C16H32N4/c1-16(2,3)13-9-11-20(12-10-13)15(19-17)18-14-7-5-4-6-8-14/h13-14H,4-12,17H2,1-3H3,(H,18,19). The summed E-state index contributed by atoms with van der Waals surface area (Å²) in [4.78, 5) is 7.22. The van der Waals surface area contributed by atoms with E-state index in [2.05, 4.69) is 31.1 Å². The predicted octanol–water partition coefficient (Wildman–Crippen LogP) is 2.90. The van der Waals surface area contributed by atoms with Crippen molar-refractivity contribution in [2.45, 2.75) is 71.8 Å². The van der Waals surface area contributed by atoms with Crippen LogP contribution in [-0.2, 0) is 0 Å². The first kappa shape index (κ1) is 15.6. The van der Waals surface area contributed by atoms with Crippen molar-refractivity contribution in [2.75, 3.05) is 13.1 Å². The molecule has 1 aliphatic carbocycles. The van der Waals surface area contributed by atoms with Gasteiger partial charge in [0.25, 0.3) is 0 Å². The summed E-state index contributed by atoms with van der Waals surface area (Å²) in [7, 11) is 0. The molecule has 3 N–H and O–H groups in total. The molecular weight excluding hydrogens is 248 g/mol. The number of nitrogens with one attached hydrogen (secondary N) is 1. The normalized spacial score (nSPS) is 24.0. The fourth-order valence-electron chi connectivity index (χ4n) is 3.55. The fourth-order valence-corrected chi connectivity index (χ4v) is 3.55. The van der Waals surface area contributed by atoms with Gasteiger partial charge in [0.2, 0.25) is 5.96 Å². The molecule has 0 aromatic carbocycles. The molecule has 4 nitrogen and oxygen atoms in total. The van der Waals surface area contributed by atoms with Crippen LogP contribution in [0.25, 0.3) is 0 Å². The Balaban J connectivity index is 1.91. The van der Waals surface area contributed by atoms with Gasteiger partial charge in [0.15, 0.2) is 0 Å². The lowest BCUT2D eigenvalue weighted by molar-refractivity contribution is 0.147. The van der Waals surface area contributed by atoms with E-state index in [0.29, 0.717) is 11.5 Å². The van der Waals surface area contributed by atoms with Crippen molar-refractivity contribution in [1.82, 2.24) is 10.3 Å². The minimum Gasteiger partial charge on any atom is -0.342 e. The lowest BCUT2D eigenvalue weighted by Crippen LogP contribution is -2.49. The summed E-state index contributed by atoms with van der Waals surface area (Å²) in [6, 6.07) is 0.482. The van der Waals surface area contributed by atoms with Crippen LogP contribution in [0.4, 0.5) is 0 Å². The molecule has 0 radical (unpaired) electrons. The van der Waals surface area contributed by atoms with Crippen LogP contribution >= 0.6 is 0 Å². The molecule has 0 amide bonds. The minimum absolute atomic E-state index is 0.420. The van der Waals surface area contributed by atoms with Crippen molar-refractivity contribution in [1.29, 1.82) is 0 Å². The van der Waals surface area contributed by atoms with Crippen LogP contribution in [0.1, 0.15) is 65.7 Å².